The SMILES string of the molecule is CCN1C(=O)[C@H]2[C@@H](c3ccc([N+](=O)[O-])cc3)N3[C@H](c4cccs4)[C@@H]4C(=O)N(CC)C(=O)[C@@H]4[C@]3(C(=O)OC)[C@H]2C1=O.ClCCl. The molecule has 0 saturated carbocycles. The number of halogens is 2. The van der Waals surface area contributed by atoms with Crippen molar-refractivity contribution < 1.29 is 33.6 Å². The second-order valence-electron chi connectivity index (χ2n) is 10.4. The van der Waals surface area contributed by atoms with Gasteiger partial charge in [-0.1, -0.05) is 18.2 Å². The van der Waals surface area contributed by atoms with E-state index in [0.717, 1.165) is 16.9 Å². The van der Waals surface area contributed by atoms with Crippen molar-refractivity contribution in [3.8, 4) is 0 Å². The normalized spacial score (nSPS) is 31.1. The number of likely N-dealkylation sites (tertiary alicyclic amines) is 2. The number of hydrogen-bond donors (Lipinski definition) is 0. The molecule has 2 aromatic rings. The Labute approximate surface area is 260 Å². The minimum Gasteiger partial charge on any atom is -0.468 e. The van der Waals surface area contributed by atoms with Gasteiger partial charge >= 0.3 is 5.97 Å². The fourth-order valence-electron chi connectivity index (χ4n) is 7.64. The highest BCUT2D eigenvalue weighted by Crippen LogP contribution is 2.69. The lowest BCUT2D eigenvalue weighted by atomic mass is 9.69. The molecule has 0 radical (unpaired) electrons. The fraction of sp³-hybridized carbons (Fsp3) is 0.464. The van der Waals surface area contributed by atoms with E-state index in [0.29, 0.717) is 10.4 Å². The number of ether oxygens (including phenoxy) is 1. The Morgan fingerprint density at radius 1 is 0.930 bits per heavy atom. The van der Waals surface area contributed by atoms with E-state index in [4.69, 9.17) is 27.9 Å². The van der Waals surface area contributed by atoms with E-state index in [1.807, 2.05) is 5.38 Å². The molecule has 228 valence electrons. The number of amides is 4. The Hall–Kier alpha value is -3.39. The molecule has 43 heavy (non-hydrogen) atoms. The van der Waals surface area contributed by atoms with Gasteiger partial charge in [0.25, 0.3) is 5.69 Å². The van der Waals surface area contributed by atoms with Gasteiger partial charge in [-0.2, -0.15) is 0 Å². The monoisotopic (exact) mass is 650 g/mol. The third kappa shape index (κ3) is 4.15. The minimum atomic E-state index is -1.95. The summed E-state index contributed by atoms with van der Waals surface area (Å²) in [5, 5.41) is 13.4. The molecule has 15 heteroatoms. The lowest BCUT2D eigenvalue weighted by Crippen LogP contribution is -2.60. The number of hydrogen-bond acceptors (Lipinski definition) is 10. The molecule has 0 unspecified atom stereocenters. The number of imide groups is 2. The second kappa shape index (κ2) is 11.6. The molecule has 5 heterocycles. The van der Waals surface area contributed by atoms with Crippen LogP contribution in [0.2, 0.25) is 0 Å². The predicted molar refractivity (Wildman–Crippen MR) is 155 cm³/mol. The van der Waals surface area contributed by atoms with Crippen LogP contribution >= 0.6 is 34.5 Å². The standard InChI is InChI=1S/C27H26N4O8S.CH2Cl2/c1-4-28-22(32)16-18(24(28)34)27(26(36)39-3)19-17(23(33)29(5-2)25(19)35)21(15-7-6-12-40-15)30(27)20(16)13-8-10-14(11-9-13)31(37)38;2-1-3/h6-12,16-21H,4-5H2,1-3H3;1H2/t16-,17-,18-,19-,20-,21-,27+;/m1./s1. The Balaban J connectivity index is 0.00000118. The largest absolute Gasteiger partial charge is 0.468 e. The van der Waals surface area contributed by atoms with Crippen LogP contribution in [0.4, 0.5) is 5.69 Å². The van der Waals surface area contributed by atoms with Crippen molar-refractivity contribution in [2.24, 2.45) is 23.7 Å². The first-order valence-electron chi connectivity index (χ1n) is 13.5. The van der Waals surface area contributed by atoms with Crippen LogP contribution in [0.25, 0.3) is 0 Å². The summed E-state index contributed by atoms with van der Waals surface area (Å²) in [6.07, 6.45) is 0. The van der Waals surface area contributed by atoms with Gasteiger partial charge in [-0.25, -0.2) is 4.79 Å². The number of methoxy groups -OCH3 is 1. The van der Waals surface area contributed by atoms with Gasteiger partial charge in [-0.3, -0.25) is 44.0 Å². The summed E-state index contributed by atoms with van der Waals surface area (Å²) in [4.78, 5) is 85.3. The molecule has 4 saturated heterocycles. The number of alkyl halides is 2. The number of esters is 1. The summed E-state index contributed by atoms with van der Waals surface area (Å²) in [7, 11) is 1.16. The van der Waals surface area contributed by atoms with E-state index >= 15 is 0 Å². The van der Waals surface area contributed by atoms with Crippen LogP contribution in [0, 0.1) is 33.8 Å². The maximum atomic E-state index is 14.1. The molecule has 0 bridgehead atoms. The molecule has 0 aliphatic carbocycles. The van der Waals surface area contributed by atoms with Gasteiger partial charge in [0.2, 0.25) is 23.6 Å². The number of benzene rings is 1. The molecule has 4 aliphatic heterocycles. The first-order valence-corrected chi connectivity index (χ1v) is 15.5. The molecule has 0 N–H and O–H groups in total. The van der Waals surface area contributed by atoms with Gasteiger partial charge in [0, 0.05) is 36.1 Å². The predicted octanol–water partition coefficient (Wildman–Crippen LogP) is 3.34. The zero-order chi connectivity index (χ0) is 31.4. The maximum absolute atomic E-state index is 14.1. The Morgan fingerprint density at radius 3 is 1.86 bits per heavy atom. The van der Waals surface area contributed by atoms with Crippen LogP contribution in [0.1, 0.15) is 36.4 Å². The third-order valence-corrected chi connectivity index (χ3v) is 9.91. The van der Waals surface area contributed by atoms with Crippen LogP contribution in [-0.4, -0.2) is 80.3 Å². The van der Waals surface area contributed by atoms with Crippen molar-refractivity contribution in [2.75, 3.05) is 25.5 Å². The topological polar surface area (TPSA) is 147 Å². The van der Waals surface area contributed by atoms with Gasteiger partial charge in [0.1, 0.15) is 5.54 Å². The first-order chi connectivity index (χ1) is 20.6. The van der Waals surface area contributed by atoms with Crippen molar-refractivity contribution in [1.29, 1.82) is 0 Å². The number of carbonyl (C=O) groups is 5. The fourth-order valence-corrected chi connectivity index (χ4v) is 8.51. The van der Waals surface area contributed by atoms with Crippen molar-refractivity contribution in [2.45, 2.75) is 31.5 Å². The third-order valence-electron chi connectivity index (χ3n) is 8.96. The summed E-state index contributed by atoms with van der Waals surface area (Å²) in [6, 6.07) is 7.43. The van der Waals surface area contributed by atoms with Crippen molar-refractivity contribution >= 4 is 69.8 Å². The van der Waals surface area contributed by atoms with Gasteiger partial charge in [0.05, 0.1) is 47.1 Å². The molecule has 4 aliphatic rings. The molecule has 12 nitrogen and oxygen atoms in total. The smallest absolute Gasteiger partial charge is 0.328 e. The molecule has 0 spiro atoms. The number of nitro benzene ring substituents is 1. The van der Waals surface area contributed by atoms with Crippen molar-refractivity contribution in [1.82, 2.24) is 14.7 Å². The van der Waals surface area contributed by atoms with Gasteiger partial charge in [-0.15, -0.1) is 34.5 Å². The number of carbonyl (C=O) groups excluding carboxylic acids is 5. The van der Waals surface area contributed by atoms with Gasteiger partial charge < -0.3 is 4.74 Å². The van der Waals surface area contributed by atoms with E-state index < -0.39 is 75.8 Å². The quantitative estimate of drug-likeness (QED) is 0.151. The summed E-state index contributed by atoms with van der Waals surface area (Å²) in [5.74, 6) is -7.61. The van der Waals surface area contributed by atoms with Crippen LogP contribution < -0.4 is 0 Å². The number of non-ortho nitro benzene ring substituents is 1. The molecule has 6 rings (SSSR count). The van der Waals surface area contributed by atoms with Crippen molar-refractivity contribution in [3.05, 3.63) is 62.3 Å². The van der Waals surface area contributed by atoms with Gasteiger partial charge in [0.15, 0.2) is 0 Å². The number of fused-ring (bicyclic) bond motifs is 5. The average Bonchev–Trinajstić information content (AvgIpc) is 3.77. The molecule has 4 fully saturated rings. The summed E-state index contributed by atoms with van der Waals surface area (Å²) in [6.45, 7) is 3.47. The van der Waals surface area contributed by atoms with E-state index in [9.17, 15) is 34.1 Å². The van der Waals surface area contributed by atoms with E-state index in [1.54, 1.807) is 30.9 Å². The Morgan fingerprint density at radius 2 is 1.44 bits per heavy atom. The molecule has 1 aromatic heterocycles. The number of rotatable bonds is 6. The highest BCUT2D eigenvalue weighted by Gasteiger charge is 2.84. The highest BCUT2D eigenvalue weighted by atomic mass is 35.5. The van der Waals surface area contributed by atoms with Crippen LogP contribution in [-0.2, 0) is 28.7 Å². The molecular formula is C28H28Cl2N4O8S. The second-order valence-corrected chi connectivity index (χ2v) is 12.2. The van der Waals surface area contributed by atoms with Crippen molar-refractivity contribution in [3.63, 3.8) is 0 Å². The number of nitro groups is 1. The van der Waals surface area contributed by atoms with Crippen LogP contribution in [0.5, 0.6) is 0 Å². The Bertz CT molecular complexity index is 1490. The van der Waals surface area contributed by atoms with Gasteiger partial charge in [-0.05, 0) is 30.9 Å². The lowest BCUT2D eigenvalue weighted by Gasteiger charge is -2.41. The average molecular weight is 652 g/mol. The van der Waals surface area contributed by atoms with E-state index in [-0.39, 0.29) is 24.1 Å². The van der Waals surface area contributed by atoms with Crippen LogP contribution in [0.3, 0.4) is 0 Å². The number of nitrogens with zero attached hydrogens (tertiary/aromatic N) is 4. The zero-order valence-electron chi connectivity index (χ0n) is 23.3. The number of thiophene rings is 1. The summed E-state index contributed by atoms with van der Waals surface area (Å²) in [5.41, 5.74) is -1.66. The van der Waals surface area contributed by atoms with Crippen LogP contribution in [0.15, 0.2) is 41.8 Å². The summed E-state index contributed by atoms with van der Waals surface area (Å²) >= 11 is 10.9. The highest BCUT2D eigenvalue weighted by molar-refractivity contribution is 7.10. The molecular weight excluding hydrogens is 623 g/mol. The molecule has 1 aromatic carbocycles. The summed E-state index contributed by atoms with van der Waals surface area (Å²) < 4.78 is 5.33. The maximum Gasteiger partial charge on any atom is 0.328 e. The van der Waals surface area contributed by atoms with E-state index in [2.05, 4.69) is 0 Å². The lowest BCUT2D eigenvalue weighted by molar-refractivity contribution is -0.384. The first kappa shape index (κ1) is 31.0. The minimum absolute atomic E-state index is 0.0608. The molecule has 7 atom stereocenters. The molecule has 4 amide bonds. The zero-order valence-corrected chi connectivity index (χ0v) is 25.7. The van der Waals surface area contributed by atoms with E-state index in [1.165, 1.54) is 35.6 Å². The Kier molecular flexibility index (Phi) is 8.38.